The molecular weight excluding hydrogens is 284 g/mol. The second kappa shape index (κ2) is 6.64. The summed E-state index contributed by atoms with van der Waals surface area (Å²) in [5.41, 5.74) is 6.94. The van der Waals surface area contributed by atoms with Crippen LogP contribution in [-0.2, 0) is 9.53 Å². The lowest BCUT2D eigenvalue weighted by atomic mass is 9.91. The second-order valence-electron chi connectivity index (χ2n) is 5.96. The van der Waals surface area contributed by atoms with Gasteiger partial charge in [0.15, 0.2) is 0 Å². The first kappa shape index (κ1) is 15.3. The molecule has 0 bridgehead atoms. The molecule has 1 aromatic carbocycles. The molecule has 0 aromatic heterocycles. The van der Waals surface area contributed by atoms with Gasteiger partial charge in [0.25, 0.3) is 0 Å². The zero-order valence-corrected chi connectivity index (χ0v) is 12.6. The molecule has 3 N–H and O–H groups in total. The largest absolute Gasteiger partial charge is 0.491 e. The van der Waals surface area contributed by atoms with E-state index in [9.17, 15) is 4.79 Å². The molecule has 6 heteroatoms. The van der Waals surface area contributed by atoms with Crippen LogP contribution in [-0.4, -0.2) is 36.4 Å². The highest BCUT2D eigenvalue weighted by Crippen LogP contribution is 2.29. The molecule has 2 fully saturated rings. The van der Waals surface area contributed by atoms with E-state index in [0.29, 0.717) is 6.61 Å². The molecule has 2 saturated heterocycles. The molecule has 2 aliphatic heterocycles. The molecule has 0 radical (unpaired) electrons. The first-order valence-electron chi connectivity index (χ1n) is 7.73. The molecular formula is C16H22N2O4. The topological polar surface area (TPSA) is 79.8 Å². The first-order valence-corrected chi connectivity index (χ1v) is 7.73. The van der Waals surface area contributed by atoms with Gasteiger partial charge in [0.1, 0.15) is 18.4 Å². The third kappa shape index (κ3) is 3.24. The molecule has 6 nitrogen and oxygen atoms in total. The smallest absolute Gasteiger partial charge is 0.322 e. The van der Waals surface area contributed by atoms with E-state index in [1.165, 1.54) is 0 Å². The highest BCUT2D eigenvalue weighted by Gasteiger charge is 2.37. The molecule has 120 valence electrons. The summed E-state index contributed by atoms with van der Waals surface area (Å²) in [5, 5.41) is 9.13. The van der Waals surface area contributed by atoms with Gasteiger partial charge in [-0.05, 0) is 30.5 Å². The van der Waals surface area contributed by atoms with Gasteiger partial charge >= 0.3 is 5.97 Å². The van der Waals surface area contributed by atoms with E-state index < -0.39 is 12.0 Å². The van der Waals surface area contributed by atoms with E-state index in [4.69, 9.17) is 14.6 Å². The van der Waals surface area contributed by atoms with Crippen molar-refractivity contribution in [1.82, 2.24) is 10.9 Å². The fraction of sp³-hybridized carbons (Fsp3) is 0.562. The third-order valence-corrected chi connectivity index (χ3v) is 4.41. The summed E-state index contributed by atoms with van der Waals surface area (Å²) in [6, 6.07) is 7.21. The average Bonchev–Trinajstić information content (AvgIpc) is 3.15. The molecule has 4 atom stereocenters. The lowest BCUT2D eigenvalue weighted by Crippen LogP contribution is -2.37. The summed E-state index contributed by atoms with van der Waals surface area (Å²) in [6.07, 6.45) is 2.37. The van der Waals surface area contributed by atoms with Crippen LogP contribution < -0.4 is 15.6 Å². The van der Waals surface area contributed by atoms with E-state index in [0.717, 1.165) is 30.8 Å². The van der Waals surface area contributed by atoms with Crippen molar-refractivity contribution < 1.29 is 19.4 Å². The van der Waals surface area contributed by atoms with Gasteiger partial charge in [0, 0.05) is 12.5 Å². The number of hydrogen-bond donors (Lipinski definition) is 3. The van der Waals surface area contributed by atoms with Gasteiger partial charge in [-0.15, -0.1) is 0 Å². The van der Waals surface area contributed by atoms with Crippen LogP contribution in [0.25, 0.3) is 0 Å². The molecule has 2 aliphatic rings. The molecule has 22 heavy (non-hydrogen) atoms. The number of carboxylic acid groups (broad SMARTS) is 1. The highest BCUT2D eigenvalue weighted by molar-refractivity contribution is 5.74. The van der Waals surface area contributed by atoms with Crippen molar-refractivity contribution in [3.8, 4) is 5.75 Å². The number of carboxylic acids is 1. The minimum absolute atomic E-state index is 0.0201. The summed E-state index contributed by atoms with van der Waals surface area (Å²) >= 11 is 0. The Labute approximate surface area is 129 Å². The fourth-order valence-electron chi connectivity index (χ4n) is 3.04. The van der Waals surface area contributed by atoms with Gasteiger partial charge in [0.05, 0.1) is 12.1 Å². The van der Waals surface area contributed by atoms with Crippen LogP contribution in [0, 0.1) is 5.92 Å². The summed E-state index contributed by atoms with van der Waals surface area (Å²) in [5.74, 6) is -0.0529. The van der Waals surface area contributed by atoms with Crippen molar-refractivity contribution >= 4 is 5.97 Å². The van der Waals surface area contributed by atoms with E-state index in [2.05, 4.69) is 10.9 Å². The van der Waals surface area contributed by atoms with Crippen LogP contribution in [0.2, 0.25) is 0 Å². The zero-order valence-electron chi connectivity index (χ0n) is 12.6. The SMILES string of the molecule is CC1C(C(=O)O)NNC1c1ccc(OCC2CCCO2)cc1. The number of aliphatic carboxylic acids is 1. The molecule has 1 aromatic rings. The number of carbonyl (C=O) groups is 1. The van der Waals surface area contributed by atoms with Crippen molar-refractivity contribution in [2.24, 2.45) is 5.92 Å². The lowest BCUT2D eigenvalue weighted by molar-refractivity contribution is -0.140. The van der Waals surface area contributed by atoms with Crippen molar-refractivity contribution in [3.63, 3.8) is 0 Å². The van der Waals surface area contributed by atoms with Crippen LogP contribution in [0.1, 0.15) is 31.4 Å². The van der Waals surface area contributed by atoms with Crippen LogP contribution in [0.15, 0.2) is 24.3 Å². The van der Waals surface area contributed by atoms with Crippen molar-refractivity contribution in [1.29, 1.82) is 0 Å². The summed E-state index contributed by atoms with van der Waals surface area (Å²) in [4.78, 5) is 11.1. The number of rotatable bonds is 5. The summed E-state index contributed by atoms with van der Waals surface area (Å²) < 4.78 is 11.3. The van der Waals surface area contributed by atoms with Crippen molar-refractivity contribution in [2.45, 2.75) is 38.0 Å². The molecule has 4 unspecified atom stereocenters. The lowest BCUT2D eigenvalue weighted by Gasteiger charge is -2.17. The minimum Gasteiger partial charge on any atom is -0.491 e. The predicted molar refractivity (Wildman–Crippen MR) is 80.5 cm³/mol. The van der Waals surface area contributed by atoms with Crippen LogP contribution in [0.3, 0.4) is 0 Å². The zero-order chi connectivity index (χ0) is 15.5. The molecule has 0 saturated carbocycles. The predicted octanol–water partition coefficient (Wildman–Crippen LogP) is 1.48. The molecule has 0 amide bonds. The van der Waals surface area contributed by atoms with Gasteiger partial charge in [-0.3, -0.25) is 4.79 Å². The third-order valence-electron chi connectivity index (χ3n) is 4.41. The molecule has 3 rings (SSSR count). The first-order chi connectivity index (χ1) is 10.6. The Bertz CT molecular complexity index is 513. The Morgan fingerprint density at radius 2 is 2.14 bits per heavy atom. The number of benzene rings is 1. The van der Waals surface area contributed by atoms with E-state index in [1.807, 2.05) is 31.2 Å². The molecule has 2 heterocycles. The maximum Gasteiger partial charge on any atom is 0.322 e. The Morgan fingerprint density at radius 3 is 2.73 bits per heavy atom. The van der Waals surface area contributed by atoms with E-state index in [1.54, 1.807) is 0 Å². The van der Waals surface area contributed by atoms with Gasteiger partial charge in [-0.1, -0.05) is 19.1 Å². The van der Waals surface area contributed by atoms with Crippen molar-refractivity contribution in [3.05, 3.63) is 29.8 Å². The summed E-state index contributed by atoms with van der Waals surface area (Å²) in [6.45, 7) is 3.34. The van der Waals surface area contributed by atoms with E-state index >= 15 is 0 Å². The monoisotopic (exact) mass is 306 g/mol. The number of hydrogen-bond acceptors (Lipinski definition) is 5. The Hall–Kier alpha value is -1.63. The number of nitrogens with one attached hydrogen (secondary N) is 2. The normalized spacial score (nSPS) is 31.3. The fourth-order valence-corrected chi connectivity index (χ4v) is 3.04. The summed E-state index contributed by atoms with van der Waals surface area (Å²) in [7, 11) is 0. The molecule has 0 spiro atoms. The van der Waals surface area contributed by atoms with Crippen LogP contribution >= 0.6 is 0 Å². The Balaban J connectivity index is 1.58. The average molecular weight is 306 g/mol. The molecule has 0 aliphatic carbocycles. The van der Waals surface area contributed by atoms with Gasteiger partial charge in [-0.2, -0.15) is 0 Å². The second-order valence-corrected chi connectivity index (χ2v) is 5.96. The highest BCUT2D eigenvalue weighted by atomic mass is 16.5. The standard InChI is InChI=1S/C16H22N2O4/c1-10-14(17-18-15(10)16(19)20)11-4-6-12(7-5-11)22-9-13-3-2-8-21-13/h4-7,10,13-15,17-18H,2-3,8-9H2,1H3,(H,19,20). The minimum atomic E-state index is -0.834. The maximum atomic E-state index is 11.1. The Morgan fingerprint density at radius 1 is 1.36 bits per heavy atom. The van der Waals surface area contributed by atoms with Crippen LogP contribution in [0.5, 0.6) is 5.75 Å². The quantitative estimate of drug-likeness (QED) is 0.765. The van der Waals surface area contributed by atoms with Crippen molar-refractivity contribution in [2.75, 3.05) is 13.2 Å². The van der Waals surface area contributed by atoms with Gasteiger partial charge in [-0.25, -0.2) is 10.9 Å². The number of hydrazine groups is 1. The van der Waals surface area contributed by atoms with Crippen LogP contribution in [0.4, 0.5) is 0 Å². The Kier molecular flexibility index (Phi) is 4.61. The van der Waals surface area contributed by atoms with E-state index in [-0.39, 0.29) is 18.1 Å². The maximum absolute atomic E-state index is 11.1. The number of ether oxygens (including phenoxy) is 2. The van der Waals surface area contributed by atoms with Gasteiger partial charge in [0.2, 0.25) is 0 Å². The van der Waals surface area contributed by atoms with Gasteiger partial charge < -0.3 is 14.6 Å².